The molecule has 3 N–H and O–H groups in total. The molecule has 0 aliphatic carbocycles. The van der Waals surface area contributed by atoms with Crippen LogP contribution in [0, 0.1) is 0 Å². The van der Waals surface area contributed by atoms with Crippen LogP contribution in [0.3, 0.4) is 0 Å². The lowest BCUT2D eigenvalue weighted by Crippen LogP contribution is -2.36. The molecule has 0 bridgehead atoms. The van der Waals surface area contributed by atoms with Gasteiger partial charge in [0.15, 0.2) is 0 Å². The van der Waals surface area contributed by atoms with E-state index in [0.29, 0.717) is 25.3 Å². The number of pyridine rings is 1. The number of rotatable bonds is 5. The molecule has 1 aromatic heterocycles. The number of urea groups is 1. The Morgan fingerprint density at radius 1 is 1.35 bits per heavy atom. The zero-order valence-corrected chi connectivity index (χ0v) is 14.8. The van der Waals surface area contributed by atoms with E-state index in [1.165, 1.54) is 0 Å². The molecule has 2 heterocycles. The van der Waals surface area contributed by atoms with Crippen LogP contribution in [0.15, 0.2) is 36.5 Å². The Balaban J connectivity index is 1.58. The molecular weight excluding hydrogens is 332 g/mol. The summed E-state index contributed by atoms with van der Waals surface area (Å²) in [6, 6.07) is 9.06. The van der Waals surface area contributed by atoms with Crippen LogP contribution in [0.25, 0.3) is 0 Å². The van der Waals surface area contributed by atoms with E-state index < -0.39 is 0 Å². The molecule has 26 heavy (non-hydrogen) atoms. The third kappa shape index (κ3) is 4.11. The van der Waals surface area contributed by atoms with E-state index in [-0.39, 0.29) is 18.0 Å². The number of aryl methyl sites for hydroxylation is 1. The Morgan fingerprint density at radius 2 is 2.19 bits per heavy atom. The van der Waals surface area contributed by atoms with Crippen LogP contribution < -0.4 is 20.7 Å². The second-order valence-corrected chi connectivity index (χ2v) is 6.19. The predicted octanol–water partition coefficient (Wildman–Crippen LogP) is 2.54. The number of nitrogens with zero attached hydrogens (tertiary/aromatic N) is 1. The maximum atomic E-state index is 12.2. The molecule has 1 aromatic carbocycles. The number of carbonyl (C=O) groups excluding carboxylic acids is 2. The number of methoxy groups -OCH3 is 1. The molecule has 1 atom stereocenters. The number of fused-ring (bicyclic) bond motifs is 1. The number of ether oxygens (including phenoxy) is 1. The summed E-state index contributed by atoms with van der Waals surface area (Å²) in [5.74, 6) is 0.541. The lowest BCUT2D eigenvalue weighted by molar-refractivity contribution is -0.116. The first kappa shape index (κ1) is 17.7. The largest absolute Gasteiger partial charge is 0.481 e. The fourth-order valence-corrected chi connectivity index (χ4v) is 2.92. The smallest absolute Gasteiger partial charge is 0.315 e. The van der Waals surface area contributed by atoms with E-state index in [2.05, 4.69) is 20.9 Å². The lowest BCUT2D eigenvalue weighted by Gasteiger charge is -2.20. The van der Waals surface area contributed by atoms with Crippen molar-refractivity contribution in [1.82, 2.24) is 15.6 Å². The fraction of sp³-hybridized carbons (Fsp3) is 0.316. The first-order valence-electron chi connectivity index (χ1n) is 8.51. The van der Waals surface area contributed by atoms with Crippen LogP contribution in [0.4, 0.5) is 10.5 Å². The number of hydrogen-bond donors (Lipinski definition) is 3. The van der Waals surface area contributed by atoms with Gasteiger partial charge in [-0.05, 0) is 36.6 Å². The fourth-order valence-electron chi connectivity index (χ4n) is 2.92. The van der Waals surface area contributed by atoms with Gasteiger partial charge in [-0.15, -0.1) is 0 Å². The van der Waals surface area contributed by atoms with Crippen LogP contribution in [0.2, 0.25) is 0 Å². The minimum atomic E-state index is -0.269. The number of hydrogen-bond acceptors (Lipinski definition) is 4. The average Bonchev–Trinajstić information content (AvgIpc) is 2.66. The van der Waals surface area contributed by atoms with Crippen molar-refractivity contribution in [2.24, 2.45) is 0 Å². The molecule has 3 amide bonds. The predicted molar refractivity (Wildman–Crippen MR) is 98.0 cm³/mol. The van der Waals surface area contributed by atoms with Crippen LogP contribution >= 0.6 is 0 Å². The van der Waals surface area contributed by atoms with E-state index in [1.54, 1.807) is 19.4 Å². The van der Waals surface area contributed by atoms with Crippen molar-refractivity contribution < 1.29 is 14.3 Å². The quantitative estimate of drug-likeness (QED) is 0.769. The molecule has 1 unspecified atom stereocenters. The summed E-state index contributed by atoms with van der Waals surface area (Å²) < 4.78 is 5.18. The van der Waals surface area contributed by atoms with Crippen LogP contribution in [0.5, 0.6) is 5.88 Å². The van der Waals surface area contributed by atoms with Gasteiger partial charge in [0.2, 0.25) is 11.8 Å². The van der Waals surface area contributed by atoms with Crippen molar-refractivity contribution in [2.45, 2.75) is 32.4 Å². The molecule has 7 nitrogen and oxygen atoms in total. The Morgan fingerprint density at radius 3 is 3.00 bits per heavy atom. The van der Waals surface area contributed by atoms with Gasteiger partial charge >= 0.3 is 6.03 Å². The Hall–Kier alpha value is -3.09. The molecule has 0 saturated heterocycles. The molecular formula is C19H22N4O3. The third-order valence-corrected chi connectivity index (χ3v) is 4.36. The maximum absolute atomic E-state index is 12.2. The van der Waals surface area contributed by atoms with E-state index in [4.69, 9.17) is 4.74 Å². The average molecular weight is 354 g/mol. The van der Waals surface area contributed by atoms with Gasteiger partial charge in [0.1, 0.15) is 0 Å². The minimum Gasteiger partial charge on any atom is -0.481 e. The number of carbonyl (C=O) groups is 2. The van der Waals surface area contributed by atoms with Gasteiger partial charge in [0, 0.05) is 30.4 Å². The summed E-state index contributed by atoms with van der Waals surface area (Å²) in [6.45, 7) is 2.25. The number of amides is 3. The highest BCUT2D eigenvalue weighted by Gasteiger charge is 2.17. The summed E-state index contributed by atoms with van der Waals surface area (Å²) in [6.07, 6.45) is 2.85. The molecule has 1 aliphatic heterocycles. The highest BCUT2D eigenvalue weighted by Crippen LogP contribution is 2.26. The van der Waals surface area contributed by atoms with Crippen LogP contribution in [-0.4, -0.2) is 24.0 Å². The van der Waals surface area contributed by atoms with E-state index >= 15 is 0 Å². The Kier molecular flexibility index (Phi) is 5.36. The molecule has 0 radical (unpaired) electrons. The molecule has 1 aliphatic rings. The van der Waals surface area contributed by atoms with Gasteiger partial charge in [-0.1, -0.05) is 18.2 Å². The topological polar surface area (TPSA) is 92.3 Å². The van der Waals surface area contributed by atoms with Crippen molar-refractivity contribution in [3.05, 3.63) is 53.2 Å². The van der Waals surface area contributed by atoms with Gasteiger partial charge in [-0.2, -0.15) is 0 Å². The van der Waals surface area contributed by atoms with Crippen LogP contribution in [0.1, 0.15) is 36.1 Å². The summed E-state index contributed by atoms with van der Waals surface area (Å²) in [4.78, 5) is 27.7. The standard InChI is InChI=1S/C19H22N4O3/c1-12(13-5-7-16-14(10-13)6-8-17(24)23-16)22-19(25)21-11-15-4-3-9-20-18(15)26-2/h3-5,7,9-10,12H,6,8,11H2,1-2H3,(H,23,24)(H2,21,22,25). The highest BCUT2D eigenvalue weighted by molar-refractivity contribution is 5.93. The monoisotopic (exact) mass is 354 g/mol. The maximum Gasteiger partial charge on any atom is 0.315 e. The number of aromatic nitrogens is 1. The van der Waals surface area contributed by atoms with Gasteiger partial charge in [0.25, 0.3) is 0 Å². The van der Waals surface area contributed by atoms with E-state index in [9.17, 15) is 9.59 Å². The second kappa shape index (κ2) is 7.86. The first-order valence-corrected chi connectivity index (χ1v) is 8.51. The SMILES string of the molecule is COc1ncccc1CNC(=O)NC(C)c1ccc2c(c1)CCC(=O)N2. The van der Waals surface area contributed by atoms with Crippen molar-refractivity contribution in [3.63, 3.8) is 0 Å². The molecule has 7 heteroatoms. The molecule has 0 spiro atoms. The lowest BCUT2D eigenvalue weighted by atomic mass is 9.98. The number of nitrogens with one attached hydrogen (secondary N) is 3. The minimum absolute atomic E-state index is 0.0432. The molecule has 2 aromatic rings. The van der Waals surface area contributed by atoms with Gasteiger partial charge in [0.05, 0.1) is 13.2 Å². The third-order valence-electron chi connectivity index (χ3n) is 4.36. The number of benzene rings is 1. The Labute approximate surface area is 152 Å². The second-order valence-electron chi connectivity index (χ2n) is 6.19. The van der Waals surface area contributed by atoms with E-state index in [0.717, 1.165) is 22.4 Å². The highest BCUT2D eigenvalue weighted by atomic mass is 16.5. The van der Waals surface area contributed by atoms with Gasteiger partial charge in [-0.25, -0.2) is 9.78 Å². The van der Waals surface area contributed by atoms with Gasteiger partial charge < -0.3 is 20.7 Å². The summed E-state index contributed by atoms with van der Waals surface area (Å²) in [5.41, 5.74) is 3.75. The normalized spacial score (nSPS) is 14.0. The molecule has 136 valence electrons. The zero-order chi connectivity index (χ0) is 18.5. The van der Waals surface area contributed by atoms with Crippen LogP contribution in [-0.2, 0) is 17.8 Å². The molecule has 0 fully saturated rings. The van der Waals surface area contributed by atoms with Crippen molar-refractivity contribution >= 4 is 17.6 Å². The first-order chi connectivity index (χ1) is 12.6. The zero-order valence-electron chi connectivity index (χ0n) is 14.8. The number of anilines is 1. The summed E-state index contributed by atoms with van der Waals surface area (Å²) in [5, 5.41) is 8.60. The molecule has 0 saturated carbocycles. The van der Waals surface area contributed by atoms with Crippen molar-refractivity contribution in [3.8, 4) is 5.88 Å². The van der Waals surface area contributed by atoms with E-state index in [1.807, 2.05) is 31.2 Å². The van der Waals surface area contributed by atoms with Crippen molar-refractivity contribution in [1.29, 1.82) is 0 Å². The molecule has 3 rings (SSSR count). The summed E-state index contributed by atoms with van der Waals surface area (Å²) >= 11 is 0. The van der Waals surface area contributed by atoms with Gasteiger partial charge in [-0.3, -0.25) is 4.79 Å². The summed E-state index contributed by atoms with van der Waals surface area (Å²) in [7, 11) is 1.55. The Bertz CT molecular complexity index is 822. The van der Waals surface area contributed by atoms with Crippen molar-refractivity contribution in [2.75, 3.05) is 12.4 Å².